The summed E-state index contributed by atoms with van der Waals surface area (Å²) in [6, 6.07) is 10.3. The van der Waals surface area contributed by atoms with Gasteiger partial charge in [-0.2, -0.15) is 0 Å². The Morgan fingerprint density at radius 1 is 0.440 bits per heavy atom. The lowest BCUT2D eigenvalue weighted by Gasteiger charge is -2.51. The lowest BCUT2D eigenvalue weighted by molar-refractivity contribution is 0.424. The van der Waals surface area contributed by atoms with Crippen LogP contribution in [0.15, 0.2) is 24.3 Å². The van der Waals surface area contributed by atoms with Gasteiger partial charge in [0.1, 0.15) is 0 Å². The molecule has 0 fully saturated rings. The van der Waals surface area contributed by atoms with Crippen LogP contribution < -0.4 is 9.80 Å². The Labute approximate surface area is 300 Å². The Kier molecular flexibility index (Phi) is 5.46. The smallest absolute Gasteiger partial charge is 0.0494 e. The molecule has 0 amide bonds. The third kappa shape index (κ3) is 3.48. The molecule has 4 aliphatic heterocycles. The van der Waals surface area contributed by atoms with E-state index in [2.05, 4.69) is 131 Å². The van der Waals surface area contributed by atoms with Crippen molar-refractivity contribution in [1.29, 1.82) is 0 Å². The predicted octanol–water partition coefficient (Wildman–Crippen LogP) is 12.5. The quantitative estimate of drug-likeness (QED) is 0.118. The van der Waals surface area contributed by atoms with Crippen molar-refractivity contribution in [1.82, 2.24) is 0 Å². The van der Waals surface area contributed by atoms with E-state index in [1.54, 1.807) is 87.8 Å². The van der Waals surface area contributed by atoms with Crippen LogP contribution in [0, 0.1) is 0 Å². The average Bonchev–Trinajstić information content (AvgIpc) is 2.98. The molecule has 50 heavy (non-hydrogen) atoms. The first-order chi connectivity index (χ1) is 23.1. The highest BCUT2D eigenvalue weighted by Crippen LogP contribution is 2.64. The predicted molar refractivity (Wildman–Crippen MR) is 220 cm³/mol. The van der Waals surface area contributed by atoms with E-state index >= 15 is 0 Å². The van der Waals surface area contributed by atoms with Crippen LogP contribution in [0.4, 0.5) is 11.4 Å². The van der Waals surface area contributed by atoms with Crippen molar-refractivity contribution < 1.29 is 0 Å². The molecule has 0 bridgehead atoms. The minimum absolute atomic E-state index is 0.0354. The van der Waals surface area contributed by atoms with Crippen molar-refractivity contribution in [2.24, 2.45) is 0 Å². The Morgan fingerprint density at radius 3 is 1.14 bits per heavy atom. The molecule has 2 heteroatoms. The van der Waals surface area contributed by atoms with Gasteiger partial charge in [-0.05, 0) is 100 Å². The Hall–Kier alpha value is -3.26. The van der Waals surface area contributed by atoms with Crippen LogP contribution in [0.2, 0.25) is 0 Å². The summed E-state index contributed by atoms with van der Waals surface area (Å²) in [5.74, 6) is 0. The standard InChI is InChI=1S/C48H58N2/c1-43(2,3)37-25-15-17-27-31-29(25)34-33-30-26(16-18-28-32(30)41-39(35(33)37)45(7,8)19-21-49(41)23-48(28,13)14)38(44(4,5)6)36(34)40-42(31)50(24-47(27,11)12)22-20-46(40,9)10/h15-18H,19-24H2,1-14H3. The summed E-state index contributed by atoms with van der Waals surface area (Å²) >= 11 is 0. The molecular weight excluding hydrogens is 605 g/mol. The van der Waals surface area contributed by atoms with E-state index in [0.29, 0.717) is 0 Å². The first-order valence-electron chi connectivity index (χ1n) is 19.7. The highest BCUT2D eigenvalue weighted by atomic mass is 15.2. The molecule has 4 heterocycles. The van der Waals surface area contributed by atoms with Crippen LogP contribution in [0.25, 0.3) is 53.9 Å². The maximum absolute atomic E-state index is 2.82. The van der Waals surface area contributed by atoms with Gasteiger partial charge in [0.15, 0.2) is 0 Å². The highest BCUT2D eigenvalue weighted by Gasteiger charge is 2.48. The minimum atomic E-state index is -0.0354. The van der Waals surface area contributed by atoms with Crippen molar-refractivity contribution in [3.63, 3.8) is 0 Å². The SMILES string of the molecule is CC(C)(C)c1c2ccc3c4c5c(c6c(C(C)(C)C)c7ccc8c9c%10c(c1c(c79)c6c24)C(C)(C)CCN%10CC8(C)C)C(C)(C)CCN5CC3(C)C. The molecular formula is C48H58N2. The van der Waals surface area contributed by atoms with Crippen LogP contribution in [0.3, 0.4) is 0 Å². The van der Waals surface area contributed by atoms with Gasteiger partial charge in [-0.3, -0.25) is 0 Å². The lowest BCUT2D eigenvalue weighted by Crippen LogP contribution is -2.47. The van der Waals surface area contributed by atoms with E-state index in [9.17, 15) is 0 Å². The van der Waals surface area contributed by atoms with Gasteiger partial charge >= 0.3 is 0 Å². The van der Waals surface area contributed by atoms with Gasteiger partial charge in [-0.1, -0.05) is 121 Å². The molecule has 2 nitrogen and oxygen atoms in total. The maximum Gasteiger partial charge on any atom is 0.0494 e. The zero-order valence-electron chi connectivity index (χ0n) is 33.4. The van der Waals surface area contributed by atoms with Gasteiger partial charge in [-0.25, -0.2) is 0 Å². The fourth-order valence-corrected chi connectivity index (χ4v) is 12.3. The molecule has 0 atom stereocenters. The van der Waals surface area contributed by atoms with Gasteiger partial charge in [0.25, 0.3) is 0 Å². The van der Waals surface area contributed by atoms with E-state index in [0.717, 1.165) is 26.2 Å². The van der Waals surface area contributed by atoms with Crippen LogP contribution >= 0.6 is 0 Å². The van der Waals surface area contributed by atoms with Crippen LogP contribution in [0.1, 0.15) is 143 Å². The van der Waals surface area contributed by atoms with Gasteiger partial charge in [-0.15, -0.1) is 0 Å². The third-order valence-electron chi connectivity index (χ3n) is 14.3. The van der Waals surface area contributed by atoms with Gasteiger partial charge in [0, 0.05) is 69.9 Å². The summed E-state index contributed by atoms with van der Waals surface area (Å²) in [5.41, 5.74) is 12.9. The Balaban J connectivity index is 1.68. The van der Waals surface area contributed by atoms with Crippen molar-refractivity contribution in [2.75, 3.05) is 36.0 Å². The topological polar surface area (TPSA) is 6.48 Å². The van der Waals surface area contributed by atoms with Crippen LogP contribution in [-0.2, 0) is 32.5 Å². The second-order valence-electron chi connectivity index (χ2n) is 21.9. The highest BCUT2D eigenvalue weighted by molar-refractivity contribution is 6.43. The third-order valence-corrected chi connectivity index (χ3v) is 14.3. The molecule has 0 unspecified atom stereocenters. The number of rotatable bonds is 0. The molecule has 6 aromatic carbocycles. The van der Waals surface area contributed by atoms with Crippen LogP contribution in [-0.4, -0.2) is 26.2 Å². The summed E-state index contributed by atoms with van der Waals surface area (Å²) in [7, 11) is 0. The molecule has 260 valence electrons. The number of hydrogen-bond donors (Lipinski definition) is 0. The second kappa shape index (κ2) is 8.67. The Bertz CT molecular complexity index is 2330. The second-order valence-corrected chi connectivity index (χ2v) is 21.9. The molecule has 0 aromatic heterocycles. The van der Waals surface area contributed by atoms with Crippen LogP contribution in [0.5, 0.6) is 0 Å². The number of benzene rings is 6. The fraction of sp³-hybridized carbons (Fsp3) is 0.542. The molecule has 0 N–H and O–H groups in total. The van der Waals surface area contributed by atoms with Crippen molar-refractivity contribution >= 4 is 65.2 Å². The van der Waals surface area contributed by atoms with Crippen molar-refractivity contribution in [3.05, 3.63) is 57.6 Å². The summed E-state index contributed by atoms with van der Waals surface area (Å²) in [4.78, 5) is 5.64. The monoisotopic (exact) mass is 662 g/mol. The first kappa shape index (κ1) is 31.5. The van der Waals surface area contributed by atoms with Gasteiger partial charge < -0.3 is 9.80 Å². The lowest BCUT2D eigenvalue weighted by atomic mass is 9.61. The summed E-state index contributed by atoms with van der Waals surface area (Å²) in [5, 5.41) is 15.6. The van der Waals surface area contributed by atoms with Gasteiger partial charge in [0.05, 0.1) is 0 Å². The molecule has 0 spiro atoms. The minimum Gasteiger partial charge on any atom is -0.370 e. The maximum atomic E-state index is 2.82. The van der Waals surface area contributed by atoms with Crippen molar-refractivity contribution in [2.45, 2.75) is 142 Å². The molecule has 0 saturated heterocycles. The number of nitrogens with zero attached hydrogens (tertiary/aromatic N) is 2. The summed E-state index contributed by atoms with van der Waals surface area (Å²) in [6.45, 7) is 39.7. The summed E-state index contributed by atoms with van der Waals surface area (Å²) in [6.07, 6.45) is 2.38. The zero-order valence-corrected chi connectivity index (χ0v) is 33.4. The average molecular weight is 663 g/mol. The van der Waals surface area contributed by atoms with E-state index in [1.807, 2.05) is 0 Å². The van der Waals surface area contributed by atoms with Crippen molar-refractivity contribution in [3.8, 4) is 0 Å². The number of hydrogen-bond acceptors (Lipinski definition) is 2. The van der Waals surface area contributed by atoms with E-state index < -0.39 is 0 Å². The molecule has 0 saturated carbocycles. The normalized spacial score (nSPS) is 21.9. The van der Waals surface area contributed by atoms with E-state index in [-0.39, 0.29) is 32.5 Å². The zero-order chi connectivity index (χ0) is 35.6. The fourth-order valence-electron chi connectivity index (χ4n) is 12.3. The van der Waals surface area contributed by atoms with E-state index in [1.165, 1.54) is 23.6 Å². The molecule has 0 aliphatic carbocycles. The number of fused-ring (bicyclic) bond motifs is 2. The van der Waals surface area contributed by atoms with E-state index in [4.69, 9.17) is 0 Å². The summed E-state index contributed by atoms with van der Waals surface area (Å²) < 4.78 is 0. The molecule has 0 radical (unpaired) electrons. The Morgan fingerprint density at radius 2 is 0.800 bits per heavy atom. The molecule has 6 aromatic rings. The number of anilines is 2. The molecule has 10 rings (SSSR count). The first-order valence-corrected chi connectivity index (χ1v) is 19.7. The largest absolute Gasteiger partial charge is 0.370 e. The molecule has 4 aliphatic rings. The van der Waals surface area contributed by atoms with Gasteiger partial charge in [0.2, 0.25) is 0 Å².